The van der Waals surface area contributed by atoms with Crippen molar-refractivity contribution in [3.05, 3.63) is 53.9 Å². The van der Waals surface area contributed by atoms with E-state index in [0.29, 0.717) is 6.79 Å². The van der Waals surface area contributed by atoms with Gasteiger partial charge in [-0.15, -0.1) is 10.2 Å². The average molecular weight is 349 g/mol. The molecule has 0 amide bonds. The normalized spacial score (nSPS) is 18.5. The number of hydrogen-bond donors (Lipinski definition) is 0. The number of anilines is 1. The fraction of sp³-hybridized carbons (Fsp3) is 0.316. The van der Waals surface area contributed by atoms with Crippen molar-refractivity contribution in [2.45, 2.75) is 25.8 Å². The molecule has 1 saturated heterocycles. The molecule has 26 heavy (non-hydrogen) atoms. The molecule has 7 heteroatoms. The number of nitrogens with zero attached hydrogens (tertiary/aromatic N) is 5. The topological polar surface area (TPSA) is 65.3 Å². The first-order valence-electron chi connectivity index (χ1n) is 8.80. The fourth-order valence-corrected chi connectivity index (χ4v) is 3.64. The van der Waals surface area contributed by atoms with Crippen LogP contribution in [0.4, 0.5) is 5.82 Å². The van der Waals surface area contributed by atoms with E-state index in [1.54, 1.807) is 4.68 Å². The summed E-state index contributed by atoms with van der Waals surface area (Å²) in [6.07, 6.45) is 4.10. The molecular weight excluding hydrogens is 330 g/mol. The number of ether oxygens (including phenoxy) is 2. The van der Waals surface area contributed by atoms with Crippen LogP contribution in [0.5, 0.6) is 11.5 Å². The van der Waals surface area contributed by atoms with E-state index in [9.17, 15) is 0 Å². The van der Waals surface area contributed by atoms with E-state index in [1.807, 2.05) is 37.4 Å². The van der Waals surface area contributed by atoms with E-state index < -0.39 is 0 Å². The van der Waals surface area contributed by atoms with Crippen LogP contribution in [0.1, 0.15) is 30.1 Å². The number of rotatable bonds is 3. The molecule has 0 spiro atoms. The van der Waals surface area contributed by atoms with Crippen molar-refractivity contribution in [1.82, 2.24) is 20.0 Å². The molecule has 132 valence electrons. The molecule has 7 nitrogen and oxygen atoms in total. The molecule has 0 saturated carbocycles. The summed E-state index contributed by atoms with van der Waals surface area (Å²) in [5.74, 6) is 3.25. The van der Waals surface area contributed by atoms with Crippen LogP contribution >= 0.6 is 0 Å². The average Bonchev–Trinajstić information content (AvgIpc) is 3.41. The molecule has 2 aliphatic heterocycles. The van der Waals surface area contributed by atoms with Gasteiger partial charge in [0.25, 0.3) is 0 Å². The Morgan fingerprint density at radius 3 is 2.65 bits per heavy atom. The second-order valence-electron chi connectivity index (χ2n) is 6.62. The first kappa shape index (κ1) is 15.2. The van der Waals surface area contributed by atoms with E-state index >= 15 is 0 Å². The fourth-order valence-electron chi connectivity index (χ4n) is 3.64. The van der Waals surface area contributed by atoms with Crippen LogP contribution in [0, 0.1) is 6.92 Å². The highest BCUT2D eigenvalue weighted by Gasteiger charge is 2.29. The monoisotopic (exact) mass is 349 g/mol. The van der Waals surface area contributed by atoms with Gasteiger partial charge in [0, 0.05) is 12.7 Å². The van der Waals surface area contributed by atoms with Crippen molar-refractivity contribution in [2.75, 3.05) is 18.2 Å². The number of fused-ring (bicyclic) bond motifs is 1. The molecule has 2 aromatic heterocycles. The molecule has 0 bridgehead atoms. The Labute approximate surface area is 151 Å². The van der Waals surface area contributed by atoms with Gasteiger partial charge in [-0.1, -0.05) is 6.07 Å². The van der Waals surface area contributed by atoms with Crippen LogP contribution in [-0.4, -0.2) is 33.3 Å². The van der Waals surface area contributed by atoms with Crippen molar-refractivity contribution >= 4 is 5.82 Å². The Morgan fingerprint density at radius 1 is 1.00 bits per heavy atom. The predicted octanol–water partition coefficient (Wildman–Crippen LogP) is 3.04. The van der Waals surface area contributed by atoms with Gasteiger partial charge in [0.05, 0.1) is 11.7 Å². The maximum atomic E-state index is 5.53. The largest absolute Gasteiger partial charge is 0.454 e. The summed E-state index contributed by atoms with van der Waals surface area (Å²) < 4.78 is 12.7. The quantitative estimate of drug-likeness (QED) is 0.724. The summed E-state index contributed by atoms with van der Waals surface area (Å²) in [6.45, 7) is 3.22. The first-order chi connectivity index (χ1) is 12.8. The molecule has 3 aromatic rings. The zero-order valence-electron chi connectivity index (χ0n) is 14.5. The van der Waals surface area contributed by atoms with Gasteiger partial charge in [0.15, 0.2) is 23.1 Å². The van der Waals surface area contributed by atoms with Crippen LogP contribution in [0.15, 0.2) is 42.6 Å². The standard InChI is InChI=1S/C19H19N5O2/c1-13-8-10-24(22-13)19-7-6-18(20-21-19)23-9-2-3-15(23)14-4-5-16-17(11-14)26-12-25-16/h4-8,10-11,15H,2-3,9,12H2,1H3/t15-/m1/s1. The van der Waals surface area contributed by atoms with Crippen molar-refractivity contribution in [2.24, 2.45) is 0 Å². The van der Waals surface area contributed by atoms with Crippen molar-refractivity contribution in [1.29, 1.82) is 0 Å². The van der Waals surface area contributed by atoms with Gasteiger partial charge in [0.1, 0.15) is 0 Å². The van der Waals surface area contributed by atoms with Gasteiger partial charge in [-0.25, -0.2) is 4.68 Å². The highest BCUT2D eigenvalue weighted by atomic mass is 16.7. The number of aromatic nitrogens is 4. The molecule has 5 rings (SSSR count). The lowest BCUT2D eigenvalue weighted by Crippen LogP contribution is -2.24. The first-order valence-corrected chi connectivity index (χ1v) is 8.80. The third kappa shape index (κ3) is 2.56. The second kappa shape index (κ2) is 6.01. The number of benzene rings is 1. The van der Waals surface area contributed by atoms with Crippen LogP contribution in [0.2, 0.25) is 0 Å². The van der Waals surface area contributed by atoms with Crippen LogP contribution < -0.4 is 14.4 Å². The maximum absolute atomic E-state index is 5.53. The lowest BCUT2D eigenvalue weighted by molar-refractivity contribution is 0.174. The predicted molar refractivity (Wildman–Crippen MR) is 95.8 cm³/mol. The van der Waals surface area contributed by atoms with E-state index in [2.05, 4.69) is 32.3 Å². The summed E-state index contributed by atoms with van der Waals surface area (Å²) in [5, 5.41) is 13.2. The molecule has 2 aliphatic rings. The summed E-state index contributed by atoms with van der Waals surface area (Å²) in [5.41, 5.74) is 2.18. The van der Waals surface area contributed by atoms with E-state index in [1.165, 1.54) is 5.56 Å². The van der Waals surface area contributed by atoms with E-state index in [-0.39, 0.29) is 6.04 Å². The molecule has 4 heterocycles. The lowest BCUT2D eigenvalue weighted by atomic mass is 10.0. The molecule has 1 atom stereocenters. The van der Waals surface area contributed by atoms with Crippen molar-refractivity contribution < 1.29 is 9.47 Å². The van der Waals surface area contributed by atoms with Gasteiger partial charge in [-0.2, -0.15) is 5.10 Å². The minimum atomic E-state index is 0.275. The molecule has 0 radical (unpaired) electrons. The molecule has 0 N–H and O–H groups in total. The van der Waals surface area contributed by atoms with Crippen LogP contribution in [0.25, 0.3) is 5.82 Å². The third-order valence-corrected chi connectivity index (χ3v) is 4.92. The van der Waals surface area contributed by atoms with E-state index in [0.717, 1.165) is 48.2 Å². The highest BCUT2D eigenvalue weighted by Crippen LogP contribution is 2.40. The Balaban J connectivity index is 1.42. The summed E-state index contributed by atoms with van der Waals surface area (Å²) in [4.78, 5) is 2.31. The minimum Gasteiger partial charge on any atom is -0.454 e. The van der Waals surface area contributed by atoms with Crippen molar-refractivity contribution in [3.8, 4) is 17.3 Å². The van der Waals surface area contributed by atoms with E-state index in [4.69, 9.17) is 9.47 Å². The zero-order chi connectivity index (χ0) is 17.5. The molecular formula is C19H19N5O2. The Kier molecular flexibility index (Phi) is 3.51. The van der Waals surface area contributed by atoms with Gasteiger partial charge in [-0.3, -0.25) is 0 Å². The van der Waals surface area contributed by atoms with Gasteiger partial charge < -0.3 is 14.4 Å². The van der Waals surface area contributed by atoms with Crippen molar-refractivity contribution in [3.63, 3.8) is 0 Å². The van der Waals surface area contributed by atoms with Crippen LogP contribution in [0.3, 0.4) is 0 Å². The number of aryl methyl sites for hydroxylation is 1. The maximum Gasteiger partial charge on any atom is 0.231 e. The summed E-state index contributed by atoms with van der Waals surface area (Å²) in [7, 11) is 0. The highest BCUT2D eigenvalue weighted by molar-refractivity contribution is 5.49. The SMILES string of the molecule is Cc1ccn(-c2ccc(N3CCC[C@@H]3c3ccc4c(c3)OCO4)nn2)n1. The minimum absolute atomic E-state index is 0.275. The van der Waals surface area contributed by atoms with Gasteiger partial charge in [0.2, 0.25) is 6.79 Å². The third-order valence-electron chi connectivity index (χ3n) is 4.92. The molecule has 0 aliphatic carbocycles. The van der Waals surface area contributed by atoms with Crippen LogP contribution in [-0.2, 0) is 0 Å². The zero-order valence-corrected chi connectivity index (χ0v) is 14.5. The molecule has 1 fully saturated rings. The lowest BCUT2D eigenvalue weighted by Gasteiger charge is -2.25. The Morgan fingerprint density at radius 2 is 1.85 bits per heavy atom. The Bertz CT molecular complexity index is 937. The smallest absolute Gasteiger partial charge is 0.231 e. The van der Waals surface area contributed by atoms with Gasteiger partial charge in [-0.05, 0) is 55.7 Å². The second-order valence-corrected chi connectivity index (χ2v) is 6.62. The summed E-state index contributed by atoms with van der Waals surface area (Å²) >= 11 is 0. The Hall–Kier alpha value is -3.09. The number of hydrogen-bond acceptors (Lipinski definition) is 6. The van der Waals surface area contributed by atoms with Gasteiger partial charge >= 0.3 is 0 Å². The molecule has 1 aromatic carbocycles. The summed E-state index contributed by atoms with van der Waals surface area (Å²) in [6, 6.07) is 12.4. The molecule has 0 unspecified atom stereocenters.